The van der Waals surface area contributed by atoms with Crippen molar-refractivity contribution >= 4 is 29.3 Å². The number of fused-ring (bicyclic) bond motifs is 1. The molecule has 140 valence electrons. The highest BCUT2D eigenvalue weighted by Gasteiger charge is 2.14. The van der Waals surface area contributed by atoms with Gasteiger partial charge in [-0.05, 0) is 37.6 Å². The average molecular weight is 388 g/mol. The molecule has 0 fully saturated rings. The highest BCUT2D eigenvalue weighted by atomic mass is 35.5. The maximum atomic E-state index is 11.9. The van der Waals surface area contributed by atoms with Crippen molar-refractivity contribution in [2.75, 3.05) is 6.61 Å². The highest BCUT2D eigenvalue weighted by molar-refractivity contribution is 6.30. The van der Waals surface area contributed by atoms with Crippen molar-refractivity contribution in [3.63, 3.8) is 0 Å². The zero-order valence-electron chi connectivity index (χ0n) is 14.9. The molecule has 0 radical (unpaired) electrons. The molecule has 0 aliphatic rings. The number of ether oxygens (including phenoxy) is 1. The molecule has 0 aliphatic carbocycles. The van der Waals surface area contributed by atoms with Crippen molar-refractivity contribution < 1.29 is 14.3 Å². The summed E-state index contributed by atoms with van der Waals surface area (Å²) in [4.78, 5) is 32.2. The van der Waals surface area contributed by atoms with E-state index in [1.807, 2.05) is 26.0 Å². The van der Waals surface area contributed by atoms with Crippen LogP contribution >= 0.6 is 11.6 Å². The minimum atomic E-state index is -0.585. The van der Waals surface area contributed by atoms with Gasteiger partial charge in [-0.1, -0.05) is 23.7 Å². The number of benzene rings is 1. The first-order chi connectivity index (χ1) is 12.9. The van der Waals surface area contributed by atoms with E-state index in [9.17, 15) is 9.59 Å². The number of halogens is 1. The summed E-state index contributed by atoms with van der Waals surface area (Å²) in [6.45, 7) is 3.67. The third-order valence-electron chi connectivity index (χ3n) is 3.71. The van der Waals surface area contributed by atoms with Gasteiger partial charge in [-0.15, -0.1) is 5.10 Å². The van der Waals surface area contributed by atoms with Crippen molar-refractivity contribution in [3.05, 3.63) is 58.1 Å². The first-order valence-corrected chi connectivity index (χ1v) is 8.65. The molecular formula is C18H18ClN5O3. The van der Waals surface area contributed by atoms with Crippen molar-refractivity contribution in [1.82, 2.24) is 24.9 Å². The lowest BCUT2D eigenvalue weighted by molar-refractivity contribution is -0.148. The monoisotopic (exact) mass is 387 g/mol. The van der Waals surface area contributed by atoms with Gasteiger partial charge in [0.05, 0.1) is 0 Å². The minimum absolute atomic E-state index is 0.135. The Kier molecular flexibility index (Phi) is 5.66. The Morgan fingerprint density at radius 2 is 2.04 bits per heavy atom. The molecule has 1 amide bonds. The van der Waals surface area contributed by atoms with Gasteiger partial charge in [0.1, 0.15) is 6.42 Å². The van der Waals surface area contributed by atoms with Gasteiger partial charge in [0.2, 0.25) is 0 Å². The molecule has 2 aromatic heterocycles. The lowest BCUT2D eigenvalue weighted by Crippen LogP contribution is -2.28. The molecule has 3 rings (SSSR count). The van der Waals surface area contributed by atoms with Gasteiger partial charge in [0.25, 0.3) is 11.7 Å². The SMILES string of the molecule is Cc1cc(C)n2nc(CC(=O)OCC(=O)NCc3cccc(Cl)c3)nc2n1. The van der Waals surface area contributed by atoms with E-state index in [4.69, 9.17) is 16.3 Å². The number of nitrogens with zero attached hydrogens (tertiary/aromatic N) is 4. The molecule has 0 aliphatic heterocycles. The van der Waals surface area contributed by atoms with E-state index < -0.39 is 11.9 Å². The van der Waals surface area contributed by atoms with Crippen LogP contribution in [0.1, 0.15) is 22.8 Å². The molecule has 0 saturated heterocycles. The maximum Gasteiger partial charge on any atom is 0.314 e. The van der Waals surface area contributed by atoms with Gasteiger partial charge in [0.15, 0.2) is 12.4 Å². The predicted molar refractivity (Wildman–Crippen MR) is 98.2 cm³/mol. The summed E-state index contributed by atoms with van der Waals surface area (Å²) in [5, 5.41) is 7.49. The molecule has 1 N–H and O–H groups in total. The molecule has 1 aromatic carbocycles. The van der Waals surface area contributed by atoms with E-state index >= 15 is 0 Å². The van der Waals surface area contributed by atoms with Crippen LogP contribution in [0.4, 0.5) is 0 Å². The molecule has 0 spiro atoms. The first-order valence-electron chi connectivity index (χ1n) is 8.27. The van der Waals surface area contributed by atoms with Gasteiger partial charge in [0, 0.05) is 23.0 Å². The van der Waals surface area contributed by atoms with Gasteiger partial charge in [-0.3, -0.25) is 9.59 Å². The van der Waals surface area contributed by atoms with E-state index in [1.165, 1.54) is 0 Å². The number of amides is 1. The van der Waals surface area contributed by atoms with Crippen molar-refractivity contribution in [2.24, 2.45) is 0 Å². The van der Waals surface area contributed by atoms with E-state index in [0.29, 0.717) is 23.2 Å². The summed E-state index contributed by atoms with van der Waals surface area (Å²) in [5.41, 5.74) is 2.54. The summed E-state index contributed by atoms with van der Waals surface area (Å²) >= 11 is 5.89. The number of hydrogen-bond acceptors (Lipinski definition) is 6. The Hall–Kier alpha value is -3.00. The maximum absolute atomic E-state index is 11.9. The normalized spacial score (nSPS) is 10.8. The number of hydrogen-bond donors (Lipinski definition) is 1. The number of nitrogens with one attached hydrogen (secondary N) is 1. The summed E-state index contributed by atoms with van der Waals surface area (Å²) in [6.07, 6.45) is -0.135. The zero-order chi connectivity index (χ0) is 19.4. The third kappa shape index (κ3) is 5.01. The van der Waals surface area contributed by atoms with Crippen LogP contribution in [0.5, 0.6) is 0 Å². The predicted octanol–water partition coefficient (Wildman–Crippen LogP) is 1.80. The van der Waals surface area contributed by atoms with Crippen molar-refractivity contribution in [2.45, 2.75) is 26.8 Å². The summed E-state index contributed by atoms with van der Waals surface area (Å²) in [6, 6.07) is 9.00. The van der Waals surface area contributed by atoms with Crippen LogP contribution in [-0.4, -0.2) is 38.1 Å². The number of carbonyl (C=O) groups is 2. The number of aromatic nitrogens is 4. The Morgan fingerprint density at radius 1 is 1.22 bits per heavy atom. The molecule has 2 heterocycles. The van der Waals surface area contributed by atoms with Gasteiger partial charge in [-0.2, -0.15) is 4.98 Å². The third-order valence-corrected chi connectivity index (χ3v) is 3.94. The van der Waals surface area contributed by atoms with Crippen LogP contribution in [0.2, 0.25) is 5.02 Å². The van der Waals surface area contributed by atoms with Crippen molar-refractivity contribution in [1.29, 1.82) is 0 Å². The number of esters is 1. The zero-order valence-corrected chi connectivity index (χ0v) is 15.7. The van der Waals surface area contributed by atoms with Crippen LogP contribution in [0.15, 0.2) is 30.3 Å². The Balaban J connectivity index is 1.49. The summed E-state index contributed by atoms with van der Waals surface area (Å²) < 4.78 is 6.55. The fourth-order valence-corrected chi connectivity index (χ4v) is 2.72. The van der Waals surface area contributed by atoms with Gasteiger partial charge >= 0.3 is 5.97 Å². The van der Waals surface area contributed by atoms with E-state index in [-0.39, 0.29) is 13.0 Å². The second-order valence-electron chi connectivity index (χ2n) is 6.02. The molecule has 9 heteroatoms. The Bertz CT molecular complexity index is 1000. The molecule has 3 aromatic rings. The molecule has 0 bridgehead atoms. The Labute approximate surface area is 160 Å². The quantitative estimate of drug-likeness (QED) is 0.647. The number of aryl methyl sites for hydroxylation is 2. The fraction of sp³-hybridized carbons (Fsp3) is 0.278. The van der Waals surface area contributed by atoms with Crippen molar-refractivity contribution in [3.8, 4) is 0 Å². The van der Waals surface area contributed by atoms with Crippen LogP contribution in [-0.2, 0) is 27.3 Å². The standard InChI is InChI=1S/C18H18ClN5O3/c1-11-6-12(2)24-18(21-11)22-15(23-24)8-17(26)27-10-16(25)20-9-13-4-3-5-14(19)7-13/h3-7H,8-10H2,1-2H3,(H,20,25). The smallest absolute Gasteiger partial charge is 0.314 e. The van der Waals surface area contributed by atoms with E-state index in [0.717, 1.165) is 17.0 Å². The van der Waals surface area contributed by atoms with Crippen LogP contribution in [0.3, 0.4) is 0 Å². The van der Waals surface area contributed by atoms with E-state index in [2.05, 4.69) is 20.4 Å². The first kappa shape index (κ1) is 18.8. The van der Waals surface area contributed by atoms with Crippen LogP contribution < -0.4 is 5.32 Å². The second-order valence-corrected chi connectivity index (χ2v) is 6.46. The van der Waals surface area contributed by atoms with Gasteiger partial charge < -0.3 is 10.1 Å². The fourth-order valence-electron chi connectivity index (χ4n) is 2.51. The summed E-state index contributed by atoms with van der Waals surface area (Å²) in [7, 11) is 0. The second kappa shape index (κ2) is 8.13. The summed E-state index contributed by atoms with van der Waals surface area (Å²) in [5.74, 6) is -0.271. The topological polar surface area (TPSA) is 98.5 Å². The Morgan fingerprint density at radius 3 is 2.81 bits per heavy atom. The molecule has 8 nitrogen and oxygen atoms in total. The van der Waals surface area contributed by atoms with Crippen LogP contribution in [0.25, 0.3) is 5.78 Å². The van der Waals surface area contributed by atoms with E-state index in [1.54, 1.807) is 22.7 Å². The largest absolute Gasteiger partial charge is 0.455 e. The minimum Gasteiger partial charge on any atom is -0.455 e. The van der Waals surface area contributed by atoms with Gasteiger partial charge in [-0.25, -0.2) is 9.50 Å². The molecule has 0 atom stereocenters. The number of rotatable bonds is 6. The molecule has 0 unspecified atom stereocenters. The van der Waals surface area contributed by atoms with Crippen LogP contribution in [0, 0.1) is 13.8 Å². The lowest BCUT2D eigenvalue weighted by atomic mass is 10.2. The molecule has 27 heavy (non-hydrogen) atoms. The number of carbonyl (C=O) groups excluding carboxylic acids is 2. The molecular weight excluding hydrogens is 370 g/mol. The average Bonchev–Trinajstić information content (AvgIpc) is 3.01. The lowest BCUT2D eigenvalue weighted by Gasteiger charge is -2.06. The molecule has 0 saturated carbocycles. The highest BCUT2D eigenvalue weighted by Crippen LogP contribution is 2.10.